The molecule has 12 heteroatoms. The number of aromatic nitrogens is 2. The fourth-order valence-corrected chi connectivity index (χ4v) is 5.56. The zero-order valence-corrected chi connectivity index (χ0v) is 24.4. The molecule has 2 aliphatic rings. The monoisotopic (exact) mass is 598 g/mol. The van der Waals surface area contributed by atoms with Crippen molar-refractivity contribution in [3.8, 4) is 0 Å². The number of nitrogens with zero attached hydrogens (tertiary/aromatic N) is 4. The van der Waals surface area contributed by atoms with Gasteiger partial charge in [0, 0.05) is 13.1 Å². The van der Waals surface area contributed by atoms with Crippen molar-refractivity contribution in [1.29, 1.82) is 0 Å². The Morgan fingerprint density at radius 2 is 1.62 bits per heavy atom. The van der Waals surface area contributed by atoms with Gasteiger partial charge in [0.1, 0.15) is 11.8 Å². The Balaban J connectivity index is 1.71. The number of cyclic esters (lactones) is 1. The molecule has 1 saturated carbocycles. The zero-order chi connectivity index (χ0) is 31.0. The first kappa shape index (κ1) is 31.6. The van der Waals surface area contributed by atoms with E-state index in [2.05, 4.69) is 4.90 Å². The van der Waals surface area contributed by atoms with Crippen molar-refractivity contribution in [3.63, 3.8) is 0 Å². The Kier molecular flexibility index (Phi) is 9.13. The number of halogens is 6. The highest BCUT2D eigenvalue weighted by molar-refractivity contribution is 5.71. The molecule has 230 valence electrons. The highest BCUT2D eigenvalue weighted by atomic mass is 19.4. The van der Waals surface area contributed by atoms with Crippen LogP contribution in [0.4, 0.5) is 37.0 Å². The molecule has 2 unspecified atom stereocenters. The third kappa shape index (κ3) is 6.83. The molecule has 1 aromatic carbocycles. The second-order valence-electron chi connectivity index (χ2n) is 11.4. The Morgan fingerprint density at radius 1 is 1.02 bits per heavy atom. The fourth-order valence-electron chi connectivity index (χ4n) is 5.56. The van der Waals surface area contributed by atoms with Gasteiger partial charge < -0.3 is 9.64 Å². The normalized spacial score (nSPS) is 19.8. The molecule has 1 saturated heterocycles. The first-order chi connectivity index (χ1) is 19.6. The van der Waals surface area contributed by atoms with E-state index in [0.717, 1.165) is 30.5 Å². The van der Waals surface area contributed by atoms with Crippen molar-refractivity contribution in [2.24, 2.45) is 5.92 Å². The molecule has 1 aliphatic carbocycles. The molecule has 1 amide bonds. The van der Waals surface area contributed by atoms with Crippen LogP contribution in [-0.4, -0.2) is 40.1 Å². The molecule has 2 atom stereocenters. The van der Waals surface area contributed by atoms with Crippen molar-refractivity contribution in [3.05, 3.63) is 58.0 Å². The van der Waals surface area contributed by atoms with Crippen molar-refractivity contribution < 1.29 is 35.9 Å². The topological polar surface area (TPSA) is 58.6 Å². The van der Waals surface area contributed by atoms with Gasteiger partial charge in [-0.25, -0.2) is 14.8 Å². The van der Waals surface area contributed by atoms with Gasteiger partial charge in [-0.2, -0.15) is 26.3 Å². The number of amides is 1. The lowest BCUT2D eigenvalue weighted by atomic mass is 9.97. The summed E-state index contributed by atoms with van der Waals surface area (Å²) in [5, 5.41) is 0. The molecule has 0 radical (unpaired) electrons. The second kappa shape index (κ2) is 12.1. The highest BCUT2D eigenvalue weighted by Gasteiger charge is 2.43. The molecule has 42 heavy (non-hydrogen) atoms. The first-order valence-electron chi connectivity index (χ1n) is 14.1. The van der Waals surface area contributed by atoms with Gasteiger partial charge in [-0.05, 0) is 82.7 Å². The number of benzene rings is 1. The van der Waals surface area contributed by atoms with Crippen molar-refractivity contribution in [2.75, 3.05) is 18.0 Å². The van der Waals surface area contributed by atoms with Crippen molar-refractivity contribution in [1.82, 2.24) is 14.9 Å². The third-order valence-corrected chi connectivity index (χ3v) is 8.24. The summed E-state index contributed by atoms with van der Waals surface area (Å²) >= 11 is 0. The van der Waals surface area contributed by atoms with Crippen molar-refractivity contribution >= 4 is 17.5 Å². The van der Waals surface area contributed by atoms with Crippen LogP contribution in [0.3, 0.4) is 0 Å². The highest BCUT2D eigenvalue weighted by Crippen LogP contribution is 2.41. The lowest BCUT2D eigenvalue weighted by Gasteiger charge is -2.29. The number of anilines is 1. The average Bonchev–Trinajstić information content (AvgIpc) is 3.53. The van der Waals surface area contributed by atoms with Crippen LogP contribution in [0.2, 0.25) is 0 Å². The van der Waals surface area contributed by atoms with Gasteiger partial charge in [-0.3, -0.25) is 4.90 Å². The van der Waals surface area contributed by atoms with Gasteiger partial charge >= 0.3 is 18.4 Å². The van der Waals surface area contributed by atoms with Crippen LogP contribution in [0.15, 0.2) is 30.0 Å². The first-order valence-corrected chi connectivity index (χ1v) is 14.1. The predicted molar refractivity (Wildman–Crippen MR) is 146 cm³/mol. The van der Waals surface area contributed by atoms with E-state index in [1.54, 1.807) is 6.20 Å². The maximum absolute atomic E-state index is 13.5. The number of carbonyl (C=O) groups excluding carboxylic acids is 1. The van der Waals surface area contributed by atoms with Crippen LogP contribution in [0, 0.1) is 5.92 Å². The van der Waals surface area contributed by atoms with E-state index < -0.39 is 41.7 Å². The van der Waals surface area contributed by atoms with E-state index in [0.29, 0.717) is 41.8 Å². The number of carbonyl (C=O) groups is 1. The van der Waals surface area contributed by atoms with E-state index in [4.69, 9.17) is 14.7 Å². The summed E-state index contributed by atoms with van der Waals surface area (Å²) in [4.78, 5) is 26.1. The SMILES string of the molecule is CCN(CC1CCCC1)c1ncc(C(C)=C(C)C)nc1CN1C(=O)OC(c2cc(C(F)(F)F)cc(C(F)(F)F)c2)C1C. The molecular formula is C30H36F6N4O2. The third-order valence-electron chi connectivity index (χ3n) is 8.24. The molecule has 4 rings (SSSR count). The number of allylic oxidation sites excluding steroid dienone is 2. The molecule has 1 aromatic heterocycles. The molecule has 1 aliphatic heterocycles. The largest absolute Gasteiger partial charge is 0.439 e. The van der Waals surface area contributed by atoms with E-state index >= 15 is 0 Å². The fraction of sp³-hybridized carbons (Fsp3) is 0.567. The molecule has 0 N–H and O–H groups in total. The molecule has 2 heterocycles. The summed E-state index contributed by atoms with van der Waals surface area (Å²) in [6.45, 7) is 10.7. The van der Waals surface area contributed by atoms with Crippen LogP contribution in [0.1, 0.15) is 94.5 Å². The smallest absolute Gasteiger partial charge is 0.416 e. The number of hydrogen-bond donors (Lipinski definition) is 0. The van der Waals surface area contributed by atoms with Gasteiger partial charge in [-0.1, -0.05) is 18.4 Å². The van der Waals surface area contributed by atoms with Gasteiger partial charge in [0.25, 0.3) is 0 Å². The number of rotatable bonds is 8. The van der Waals surface area contributed by atoms with Gasteiger partial charge in [0.2, 0.25) is 0 Å². The lowest BCUT2D eigenvalue weighted by Crippen LogP contribution is -2.35. The average molecular weight is 599 g/mol. The molecule has 2 aromatic rings. The van der Waals surface area contributed by atoms with Gasteiger partial charge in [0.05, 0.1) is 35.6 Å². The lowest BCUT2D eigenvalue weighted by molar-refractivity contribution is -0.143. The van der Waals surface area contributed by atoms with E-state index in [1.807, 2.05) is 27.7 Å². The molecular weight excluding hydrogens is 562 g/mol. The van der Waals surface area contributed by atoms with Crippen LogP contribution in [0.25, 0.3) is 5.57 Å². The maximum atomic E-state index is 13.5. The van der Waals surface area contributed by atoms with Crippen LogP contribution in [-0.2, 0) is 23.6 Å². The Hall–Kier alpha value is -3.31. The summed E-state index contributed by atoms with van der Waals surface area (Å²) in [5.74, 6) is 1.10. The number of alkyl halides is 6. The summed E-state index contributed by atoms with van der Waals surface area (Å²) in [6.07, 6.45) is -5.97. The number of ether oxygens (including phenoxy) is 1. The van der Waals surface area contributed by atoms with Crippen molar-refractivity contribution in [2.45, 2.75) is 91.3 Å². The summed E-state index contributed by atoms with van der Waals surface area (Å²) in [6, 6.07) is 0.399. The van der Waals surface area contributed by atoms with E-state index in [1.165, 1.54) is 24.7 Å². The molecule has 6 nitrogen and oxygen atoms in total. The minimum Gasteiger partial charge on any atom is -0.439 e. The standard InChI is InChI=1S/C30H36F6N4O2/c1-6-39(15-20-9-7-8-10-20)27-25(38-24(14-37-27)18(4)17(2)3)16-40-19(5)26(42-28(40)41)21-11-22(29(31,32)33)13-23(12-21)30(34,35)36/h11-14,19-20,26H,6-10,15-16H2,1-5H3. The van der Waals surface area contributed by atoms with Gasteiger partial charge in [-0.15, -0.1) is 0 Å². The summed E-state index contributed by atoms with van der Waals surface area (Å²) < 4.78 is 86.5. The van der Waals surface area contributed by atoms with Crippen LogP contribution < -0.4 is 4.90 Å². The maximum Gasteiger partial charge on any atom is 0.416 e. The number of hydrogen-bond acceptors (Lipinski definition) is 5. The Morgan fingerprint density at radius 3 is 2.14 bits per heavy atom. The second-order valence-corrected chi connectivity index (χ2v) is 11.4. The minimum atomic E-state index is -5.02. The van der Waals surface area contributed by atoms with Gasteiger partial charge in [0.15, 0.2) is 5.82 Å². The Labute approximate surface area is 241 Å². The molecule has 2 fully saturated rings. The van der Waals surface area contributed by atoms with E-state index in [-0.39, 0.29) is 18.2 Å². The minimum absolute atomic E-state index is 0.0608. The predicted octanol–water partition coefficient (Wildman–Crippen LogP) is 8.43. The molecule has 0 spiro atoms. The van der Waals surface area contributed by atoms with Crippen LogP contribution >= 0.6 is 0 Å². The van der Waals surface area contributed by atoms with E-state index in [9.17, 15) is 31.1 Å². The summed E-state index contributed by atoms with van der Waals surface area (Å²) in [5.41, 5.74) is -0.256. The summed E-state index contributed by atoms with van der Waals surface area (Å²) in [7, 11) is 0. The zero-order valence-electron chi connectivity index (χ0n) is 24.4. The quantitative estimate of drug-likeness (QED) is 0.286. The Bertz CT molecular complexity index is 1300. The van der Waals surface area contributed by atoms with Crippen LogP contribution in [0.5, 0.6) is 0 Å². The molecule has 0 bridgehead atoms.